The number of rotatable bonds is 5. The Morgan fingerprint density at radius 3 is 2.58 bits per heavy atom. The van der Waals surface area contributed by atoms with Crippen molar-refractivity contribution >= 4 is 35.2 Å². The van der Waals surface area contributed by atoms with E-state index < -0.39 is 17.4 Å². The first-order valence-electron chi connectivity index (χ1n) is 5.62. The van der Waals surface area contributed by atoms with Crippen molar-refractivity contribution in [2.45, 2.75) is 19.4 Å². The highest BCUT2D eigenvalue weighted by atomic mass is 35.5. The van der Waals surface area contributed by atoms with Crippen LogP contribution >= 0.6 is 23.4 Å². The number of halogens is 1. The molecule has 1 aromatic carbocycles. The average Bonchev–Trinajstić information content (AvgIpc) is 2.27. The van der Waals surface area contributed by atoms with Gasteiger partial charge in [0.2, 0.25) is 0 Å². The van der Waals surface area contributed by atoms with E-state index >= 15 is 0 Å². The van der Waals surface area contributed by atoms with E-state index in [1.165, 1.54) is 18.2 Å². The Balaban J connectivity index is 3.10. The highest BCUT2D eigenvalue weighted by molar-refractivity contribution is 7.98. The monoisotopic (exact) mass is 301 g/mol. The van der Waals surface area contributed by atoms with Gasteiger partial charge in [0.25, 0.3) is 5.91 Å². The molecule has 0 aromatic heterocycles. The summed E-state index contributed by atoms with van der Waals surface area (Å²) in [5.41, 5.74) is -0.526. The van der Waals surface area contributed by atoms with Gasteiger partial charge in [-0.25, -0.2) is 4.79 Å². The van der Waals surface area contributed by atoms with Gasteiger partial charge in [0.15, 0.2) is 0 Å². The average molecular weight is 302 g/mol. The summed E-state index contributed by atoms with van der Waals surface area (Å²) in [7, 11) is 0. The first-order chi connectivity index (χ1) is 8.78. The molecular formula is C13H16ClNO3S. The topological polar surface area (TPSA) is 66.4 Å². The van der Waals surface area contributed by atoms with E-state index in [0.717, 1.165) is 0 Å². The zero-order valence-corrected chi connectivity index (χ0v) is 12.6. The van der Waals surface area contributed by atoms with Crippen molar-refractivity contribution in [2.75, 3.05) is 12.0 Å². The molecule has 0 saturated heterocycles. The molecular weight excluding hydrogens is 286 g/mol. The van der Waals surface area contributed by atoms with Crippen LogP contribution in [-0.2, 0) is 0 Å². The quantitative estimate of drug-likeness (QED) is 0.877. The number of carboxylic acids is 1. The lowest BCUT2D eigenvalue weighted by molar-refractivity contribution is 0.0690. The first kappa shape index (κ1) is 15.9. The number of thioether (sulfide) groups is 1. The van der Waals surface area contributed by atoms with Crippen LogP contribution in [0.1, 0.15) is 34.6 Å². The Hall–Kier alpha value is -1.20. The van der Waals surface area contributed by atoms with E-state index in [1.54, 1.807) is 11.8 Å². The third-order valence-corrected chi connectivity index (χ3v) is 3.75. The Labute approximate surface area is 121 Å². The third-order valence-electron chi connectivity index (χ3n) is 2.43. The molecule has 0 heterocycles. The number of aromatic carboxylic acids is 1. The lowest BCUT2D eigenvalue weighted by Gasteiger charge is -2.25. The second-order valence-electron chi connectivity index (χ2n) is 4.74. The molecule has 1 rings (SSSR count). The van der Waals surface area contributed by atoms with Crippen molar-refractivity contribution in [3.05, 3.63) is 34.3 Å². The molecule has 0 aliphatic rings. The smallest absolute Gasteiger partial charge is 0.336 e. The molecule has 1 aromatic rings. The highest BCUT2D eigenvalue weighted by Crippen LogP contribution is 2.21. The Morgan fingerprint density at radius 1 is 1.42 bits per heavy atom. The van der Waals surface area contributed by atoms with Crippen LogP contribution < -0.4 is 5.32 Å². The molecule has 0 aliphatic carbocycles. The molecule has 1 amide bonds. The summed E-state index contributed by atoms with van der Waals surface area (Å²) in [6.45, 7) is 3.75. The Morgan fingerprint density at radius 2 is 2.05 bits per heavy atom. The van der Waals surface area contributed by atoms with Crippen LogP contribution in [0.25, 0.3) is 0 Å². The SMILES string of the molecule is CSCC(C)(C)NC(=O)c1c(Cl)cccc1C(=O)O. The fraction of sp³-hybridized carbons (Fsp3) is 0.385. The van der Waals surface area contributed by atoms with Crippen molar-refractivity contribution < 1.29 is 14.7 Å². The maximum Gasteiger partial charge on any atom is 0.336 e. The van der Waals surface area contributed by atoms with E-state index in [9.17, 15) is 9.59 Å². The van der Waals surface area contributed by atoms with Gasteiger partial charge in [-0.15, -0.1) is 0 Å². The molecule has 0 aliphatic heterocycles. The molecule has 0 radical (unpaired) electrons. The normalized spacial score (nSPS) is 11.2. The molecule has 0 spiro atoms. The van der Waals surface area contributed by atoms with Crippen LogP contribution in [0.4, 0.5) is 0 Å². The minimum atomic E-state index is -1.17. The van der Waals surface area contributed by atoms with Crippen LogP contribution in [-0.4, -0.2) is 34.5 Å². The Kier molecular flexibility index (Phi) is 5.26. The minimum absolute atomic E-state index is 0.00541. The maximum atomic E-state index is 12.2. The van der Waals surface area contributed by atoms with Gasteiger partial charge in [0, 0.05) is 11.3 Å². The number of carbonyl (C=O) groups is 2. The summed E-state index contributed by atoms with van der Waals surface area (Å²) in [4.78, 5) is 23.3. The summed E-state index contributed by atoms with van der Waals surface area (Å²) >= 11 is 7.54. The molecule has 4 nitrogen and oxygen atoms in total. The van der Waals surface area contributed by atoms with Gasteiger partial charge in [-0.1, -0.05) is 17.7 Å². The van der Waals surface area contributed by atoms with Gasteiger partial charge in [-0.05, 0) is 32.2 Å². The summed E-state index contributed by atoms with van der Waals surface area (Å²) in [5.74, 6) is -0.927. The van der Waals surface area contributed by atoms with Crippen molar-refractivity contribution in [1.29, 1.82) is 0 Å². The van der Waals surface area contributed by atoms with E-state index in [0.29, 0.717) is 5.75 Å². The summed E-state index contributed by atoms with van der Waals surface area (Å²) in [6, 6.07) is 4.38. The third kappa shape index (κ3) is 4.14. The number of benzene rings is 1. The minimum Gasteiger partial charge on any atom is -0.478 e. The molecule has 0 fully saturated rings. The van der Waals surface area contributed by atoms with Crippen LogP contribution in [0.3, 0.4) is 0 Å². The molecule has 6 heteroatoms. The van der Waals surface area contributed by atoms with Crippen LogP contribution in [0.5, 0.6) is 0 Å². The maximum absolute atomic E-state index is 12.2. The largest absolute Gasteiger partial charge is 0.478 e. The zero-order valence-electron chi connectivity index (χ0n) is 11.0. The van der Waals surface area contributed by atoms with Gasteiger partial charge >= 0.3 is 5.97 Å². The van der Waals surface area contributed by atoms with Crippen LogP contribution in [0, 0.1) is 0 Å². The van der Waals surface area contributed by atoms with E-state index in [2.05, 4.69) is 5.32 Å². The molecule has 0 saturated carbocycles. The summed E-state index contributed by atoms with van der Waals surface area (Å²) in [5, 5.41) is 12.0. The van der Waals surface area contributed by atoms with Gasteiger partial charge in [0.05, 0.1) is 16.1 Å². The van der Waals surface area contributed by atoms with Crippen molar-refractivity contribution in [3.8, 4) is 0 Å². The van der Waals surface area contributed by atoms with E-state index in [-0.39, 0.29) is 16.1 Å². The van der Waals surface area contributed by atoms with E-state index in [4.69, 9.17) is 16.7 Å². The highest BCUT2D eigenvalue weighted by Gasteiger charge is 2.25. The molecule has 0 atom stereocenters. The molecule has 19 heavy (non-hydrogen) atoms. The Bertz CT molecular complexity index is 503. The lowest BCUT2D eigenvalue weighted by atomic mass is 10.0. The van der Waals surface area contributed by atoms with Crippen LogP contribution in [0.2, 0.25) is 5.02 Å². The van der Waals surface area contributed by atoms with Gasteiger partial charge in [-0.3, -0.25) is 4.79 Å². The van der Waals surface area contributed by atoms with Crippen molar-refractivity contribution in [2.24, 2.45) is 0 Å². The number of hydrogen-bond acceptors (Lipinski definition) is 3. The van der Waals surface area contributed by atoms with Crippen molar-refractivity contribution in [3.63, 3.8) is 0 Å². The van der Waals surface area contributed by atoms with Crippen molar-refractivity contribution in [1.82, 2.24) is 5.32 Å². The number of carboxylic acid groups (broad SMARTS) is 1. The standard InChI is InChI=1S/C13H16ClNO3S/c1-13(2,7-19-3)15-11(16)10-8(12(17)18)5-4-6-9(10)14/h4-6H,7H2,1-3H3,(H,15,16)(H,17,18). The second-order valence-corrected chi connectivity index (χ2v) is 6.01. The second kappa shape index (κ2) is 6.30. The summed E-state index contributed by atoms with van der Waals surface area (Å²) in [6.07, 6.45) is 1.94. The lowest BCUT2D eigenvalue weighted by Crippen LogP contribution is -2.45. The molecule has 0 unspecified atom stereocenters. The zero-order chi connectivity index (χ0) is 14.6. The predicted molar refractivity (Wildman–Crippen MR) is 78.3 cm³/mol. The fourth-order valence-electron chi connectivity index (χ4n) is 1.70. The summed E-state index contributed by atoms with van der Waals surface area (Å²) < 4.78 is 0. The molecule has 104 valence electrons. The molecule has 2 N–H and O–H groups in total. The number of hydrogen-bond donors (Lipinski definition) is 2. The van der Waals surface area contributed by atoms with E-state index in [1.807, 2.05) is 20.1 Å². The number of amides is 1. The number of carbonyl (C=O) groups excluding carboxylic acids is 1. The fourth-order valence-corrected chi connectivity index (χ4v) is 2.75. The number of nitrogens with one attached hydrogen (secondary N) is 1. The predicted octanol–water partition coefficient (Wildman–Crippen LogP) is 2.91. The molecule has 0 bridgehead atoms. The first-order valence-corrected chi connectivity index (χ1v) is 7.39. The van der Waals surface area contributed by atoms with Gasteiger partial charge < -0.3 is 10.4 Å². The van der Waals surface area contributed by atoms with Gasteiger partial charge in [0.1, 0.15) is 0 Å². The van der Waals surface area contributed by atoms with Crippen LogP contribution in [0.15, 0.2) is 18.2 Å². The van der Waals surface area contributed by atoms with Gasteiger partial charge in [-0.2, -0.15) is 11.8 Å².